The van der Waals surface area contributed by atoms with Gasteiger partial charge in [0.25, 0.3) is 0 Å². The minimum absolute atomic E-state index is 0.150. The van der Waals surface area contributed by atoms with Crippen molar-refractivity contribution in [3.05, 3.63) is 29.3 Å². The zero-order chi connectivity index (χ0) is 16.4. The van der Waals surface area contributed by atoms with Crippen LogP contribution in [0.5, 0.6) is 5.75 Å². The lowest BCUT2D eigenvalue weighted by Crippen LogP contribution is -2.44. The number of rotatable bonds is 5. The number of hydrogen-bond donors (Lipinski definition) is 1. The molecule has 4 nitrogen and oxygen atoms in total. The Morgan fingerprint density at radius 2 is 1.86 bits per heavy atom. The number of ether oxygens (including phenoxy) is 2. The molecule has 0 amide bonds. The zero-order valence-electron chi connectivity index (χ0n) is 14.4. The summed E-state index contributed by atoms with van der Waals surface area (Å²) in [4.78, 5) is 0. The Morgan fingerprint density at radius 1 is 1.23 bits per heavy atom. The van der Waals surface area contributed by atoms with Crippen molar-refractivity contribution < 1.29 is 13.9 Å². The molecule has 1 saturated heterocycles. The molecule has 0 aliphatic carbocycles. The lowest BCUT2D eigenvalue weighted by molar-refractivity contribution is -0.0451. The van der Waals surface area contributed by atoms with Crippen LogP contribution in [0.25, 0.3) is 0 Å². The summed E-state index contributed by atoms with van der Waals surface area (Å²) in [6.45, 7) is 13.1. The maximum Gasteiger partial charge on any atom is 0.250 e. The van der Waals surface area contributed by atoms with Crippen molar-refractivity contribution in [2.24, 2.45) is 5.73 Å². The number of benzene rings is 1. The number of hydrogen-bond acceptors (Lipinski definition) is 4. The fraction of sp³-hybridized carbons (Fsp3) is 0.647. The third-order valence-electron chi connectivity index (χ3n) is 4.55. The minimum atomic E-state index is -1.90. The molecule has 1 aromatic rings. The van der Waals surface area contributed by atoms with E-state index in [2.05, 4.69) is 46.0 Å². The van der Waals surface area contributed by atoms with Crippen LogP contribution in [0.3, 0.4) is 0 Å². The molecule has 22 heavy (non-hydrogen) atoms. The van der Waals surface area contributed by atoms with Gasteiger partial charge in [0.05, 0.1) is 13.2 Å². The Bertz CT molecular complexity index is 505. The highest BCUT2D eigenvalue weighted by Gasteiger charge is 2.40. The van der Waals surface area contributed by atoms with Crippen LogP contribution in [0.15, 0.2) is 18.2 Å². The highest BCUT2D eigenvalue weighted by Crippen LogP contribution is 2.40. The van der Waals surface area contributed by atoms with Gasteiger partial charge in [-0.1, -0.05) is 26.8 Å². The lowest BCUT2D eigenvalue weighted by Gasteiger charge is -2.37. The minimum Gasteiger partial charge on any atom is -0.543 e. The van der Waals surface area contributed by atoms with Gasteiger partial charge in [-0.2, -0.15) is 0 Å². The van der Waals surface area contributed by atoms with E-state index in [0.717, 1.165) is 17.7 Å². The van der Waals surface area contributed by atoms with Crippen molar-refractivity contribution in [3.63, 3.8) is 0 Å². The molecule has 1 fully saturated rings. The lowest BCUT2D eigenvalue weighted by atomic mass is 10.1. The summed E-state index contributed by atoms with van der Waals surface area (Å²) in [6.07, 6.45) is 0.526. The second-order valence-electron chi connectivity index (χ2n) is 7.35. The molecule has 0 radical (unpaired) electrons. The van der Waals surface area contributed by atoms with Gasteiger partial charge in [0.15, 0.2) is 6.29 Å². The van der Waals surface area contributed by atoms with Crippen LogP contribution < -0.4 is 10.2 Å². The van der Waals surface area contributed by atoms with Crippen LogP contribution in [-0.4, -0.2) is 28.1 Å². The first kappa shape index (κ1) is 17.5. The van der Waals surface area contributed by atoms with Gasteiger partial charge in [0, 0.05) is 5.56 Å². The highest BCUT2D eigenvalue weighted by atomic mass is 28.4. The Labute approximate surface area is 135 Å². The molecule has 1 aliphatic heterocycles. The molecule has 0 spiro atoms. The summed E-state index contributed by atoms with van der Waals surface area (Å²) >= 11 is 0. The summed E-state index contributed by atoms with van der Waals surface area (Å²) in [5.74, 6) is 0.888. The fourth-order valence-electron chi connectivity index (χ4n) is 2.16. The fourth-order valence-corrected chi connectivity index (χ4v) is 3.21. The average Bonchev–Trinajstić information content (AvgIpc) is 2.93. The summed E-state index contributed by atoms with van der Waals surface area (Å²) in [5.41, 5.74) is 7.86. The Balaban J connectivity index is 2.33. The van der Waals surface area contributed by atoms with E-state index in [1.807, 2.05) is 6.07 Å². The summed E-state index contributed by atoms with van der Waals surface area (Å²) in [6, 6.07) is 6.25. The molecule has 5 heteroatoms. The van der Waals surface area contributed by atoms with Crippen LogP contribution >= 0.6 is 0 Å². The van der Waals surface area contributed by atoms with E-state index in [1.165, 1.54) is 5.56 Å². The summed E-state index contributed by atoms with van der Waals surface area (Å²) < 4.78 is 17.9. The monoisotopic (exact) mass is 323 g/mol. The Kier molecular flexibility index (Phi) is 5.32. The molecule has 1 aromatic carbocycles. The quantitative estimate of drug-likeness (QED) is 0.841. The predicted octanol–water partition coefficient (Wildman–Crippen LogP) is 3.62. The third kappa shape index (κ3) is 3.90. The predicted molar refractivity (Wildman–Crippen MR) is 91.7 cm³/mol. The maximum atomic E-state index is 6.49. The van der Waals surface area contributed by atoms with Gasteiger partial charge in [0.2, 0.25) is 8.32 Å². The van der Waals surface area contributed by atoms with E-state index >= 15 is 0 Å². The maximum absolute atomic E-state index is 6.49. The van der Waals surface area contributed by atoms with Gasteiger partial charge in [-0.05, 0) is 48.8 Å². The normalized spacial score (nSPS) is 17.0. The van der Waals surface area contributed by atoms with E-state index in [9.17, 15) is 0 Å². The van der Waals surface area contributed by atoms with E-state index < -0.39 is 8.32 Å². The SMILES string of the molecule is CC(C)(C)[Si](C)(C)Oc1ccc(CCN)cc1C1OCCO1. The van der Waals surface area contributed by atoms with Crippen LogP contribution in [0.1, 0.15) is 38.2 Å². The smallest absolute Gasteiger partial charge is 0.250 e. The molecular formula is C17H29NO3Si. The van der Waals surface area contributed by atoms with Crippen LogP contribution in [0.2, 0.25) is 18.1 Å². The van der Waals surface area contributed by atoms with Gasteiger partial charge in [0.1, 0.15) is 5.75 Å². The standard InChI is InChI=1S/C17H29NO3Si/c1-17(2,3)22(4,5)21-15-7-6-13(8-9-18)12-14(15)16-19-10-11-20-16/h6-7,12,16H,8-11,18H2,1-5H3. The Morgan fingerprint density at radius 3 is 2.41 bits per heavy atom. The third-order valence-corrected chi connectivity index (χ3v) is 8.90. The first-order chi connectivity index (χ1) is 10.2. The van der Waals surface area contributed by atoms with Gasteiger partial charge < -0.3 is 19.6 Å². The van der Waals surface area contributed by atoms with Gasteiger partial charge in [-0.15, -0.1) is 0 Å². The largest absolute Gasteiger partial charge is 0.543 e. The number of nitrogens with two attached hydrogens (primary N) is 1. The average molecular weight is 324 g/mol. The molecule has 2 N–H and O–H groups in total. The van der Waals surface area contributed by atoms with E-state index in [0.29, 0.717) is 19.8 Å². The topological polar surface area (TPSA) is 53.7 Å². The summed E-state index contributed by atoms with van der Waals surface area (Å²) in [7, 11) is -1.90. The van der Waals surface area contributed by atoms with Crippen LogP contribution in [0.4, 0.5) is 0 Å². The van der Waals surface area contributed by atoms with Crippen molar-refractivity contribution in [1.29, 1.82) is 0 Å². The van der Waals surface area contributed by atoms with Crippen molar-refractivity contribution in [1.82, 2.24) is 0 Å². The molecule has 0 unspecified atom stereocenters. The van der Waals surface area contributed by atoms with Crippen LogP contribution in [0, 0.1) is 0 Å². The molecule has 0 atom stereocenters. The van der Waals surface area contributed by atoms with Crippen LogP contribution in [-0.2, 0) is 15.9 Å². The van der Waals surface area contributed by atoms with E-state index in [4.69, 9.17) is 19.6 Å². The zero-order valence-corrected chi connectivity index (χ0v) is 15.4. The first-order valence-electron chi connectivity index (χ1n) is 8.00. The van der Waals surface area contributed by atoms with Crippen molar-refractivity contribution in [2.45, 2.75) is 51.6 Å². The molecule has 2 rings (SSSR count). The summed E-state index contributed by atoms with van der Waals surface area (Å²) in [5, 5.41) is 0.150. The van der Waals surface area contributed by atoms with Crippen molar-refractivity contribution in [2.75, 3.05) is 19.8 Å². The van der Waals surface area contributed by atoms with E-state index in [1.54, 1.807) is 0 Å². The first-order valence-corrected chi connectivity index (χ1v) is 10.9. The van der Waals surface area contributed by atoms with Gasteiger partial charge >= 0.3 is 0 Å². The molecule has 1 heterocycles. The molecule has 0 bridgehead atoms. The molecule has 0 aromatic heterocycles. The Hall–Kier alpha value is -0.883. The molecule has 124 valence electrons. The molecular weight excluding hydrogens is 294 g/mol. The second kappa shape index (κ2) is 6.70. The molecule has 0 saturated carbocycles. The van der Waals surface area contributed by atoms with Crippen molar-refractivity contribution in [3.8, 4) is 5.75 Å². The second-order valence-corrected chi connectivity index (χ2v) is 12.1. The molecule has 1 aliphatic rings. The van der Waals surface area contributed by atoms with Gasteiger partial charge in [-0.3, -0.25) is 0 Å². The highest BCUT2D eigenvalue weighted by molar-refractivity contribution is 6.74. The van der Waals surface area contributed by atoms with Crippen molar-refractivity contribution >= 4 is 8.32 Å². The van der Waals surface area contributed by atoms with Gasteiger partial charge in [-0.25, -0.2) is 0 Å². The van der Waals surface area contributed by atoms with E-state index in [-0.39, 0.29) is 11.3 Å².